The third-order valence-corrected chi connectivity index (χ3v) is 8.67. The molecule has 2 heterocycles. The smallest absolute Gasteiger partial charge is 0.323 e. The fraction of sp³-hybridized carbons (Fsp3) is 0.333. The van der Waals surface area contributed by atoms with E-state index in [1.165, 1.54) is 0 Å². The van der Waals surface area contributed by atoms with E-state index in [1.54, 1.807) is 18.9 Å². The molecule has 10 heteroatoms. The van der Waals surface area contributed by atoms with Gasteiger partial charge in [0.25, 0.3) is 5.91 Å². The Morgan fingerprint density at radius 1 is 0.930 bits per heavy atom. The van der Waals surface area contributed by atoms with Gasteiger partial charge in [-0.2, -0.15) is 0 Å². The molecular formula is C33H36N4O5S. The van der Waals surface area contributed by atoms with Crippen molar-refractivity contribution in [2.24, 2.45) is 5.92 Å². The lowest BCUT2D eigenvalue weighted by Gasteiger charge is -2.42. The van der Waals surface area contributed by atoms with Crippen LogP contribution in [-0.4, -0.2) is 78.8 Å². The largest absolute Gasteiger partial charge is 0.480 e. The molecule has 2 atom stereocenters. The summed E-state index contributed by atoms with van der Waals surface area (Å²) in [4.78, 5) is 29.1. The van der Waals surface area contributed by atoms with Crippen LogP contribution in [0.3, 0.4) is 0 Å². The number of rotatable bonds is 8. The molecule has 9 nitrogen and oxygen atoms in total. The predicted molar refractivity (Wildman–Crippen MR) is 166 cm³/mol. The van der Waals surface area contributed by atoms with E-state index in [1.807, 2.05) is 77.7 Å². The number of hydrogen-bond acceptors (Lipinski definition) is 5. The van der Waals surface area contributed by atoms with Crippen LogP contribution in [0.2, 0.25) is 0 Å². The number of carbonyl (C=O) groups is 2. The highest BCUT2D eigenvalue weighted by molar-refractivity contribution is 7.76. The zero-order valence-electron chi connectivity index (χ0n) is 24.3. The van der Waals surface area contributed by atoms with Crippen molar-refractivity contribution in [3.63, 3.8) is 0 Å². The molecule has 0 bridgehead atoms. The lowest BCUT2D eigenvalue weighted by molar-refractivity contribution is -0.148. The summed E-state index contributed by atoms with van der Waals surface area (Å²) in [7, 11) is 0. The molecule has 1 saturated heterocycles. The minimum absolute atomic E-state index is 0.0363. The topological polar surface area (TPSA) is 105 Å². The molecule has 3 aromatic carbocycles. The van der Waals surface area contributed by atoms with Gasteiger partial charge in [0.2, 0.25) is 11.3 Å². The van der Waals surface area contributed by atoms with E-state index in [-0.39, 0.29) is 11.8 Å². The van der Waals surface area contributed by atoms with Gasteiger partial charge in [0, 0.05) is 61.6 Å². The van der Waals surface area contributed by atoms with Crippen LogP contribution in [0.1, 0.15) is 46.5 Å². The Bertz CT molecular complexity index is 1540. The summed E-state index contributed by atoms with van der Waals surface area (Å²) in [6, 6.07) is 22.7. The number of aliphatic carboxylic acids is 1. The summed E-state index contributed by atoms with van der Waals surface area (Å²) in [5.41, 5.74) is 5.52. The van der Waals surface area contributed by atoms with Crippen molar-refractivity contribution in [3.8, 4) is 11.8 Å². The van der Waals surface area contributed by atoms with Gasteiger partial charge in [0.05, 0.1) is 0 Å². The highest BCUT2D eigenvalue weighted by Crippen LogP contribution is 2.23. The number of hydrogen-bond donors (Lipinski definition) is 2. The number of anilines is 1. The molecule has 43 heavy (non-hydrogen) atoms. The molecular weight excluding hydrogens is 564 g/mol. The Morgan fingerprint density at radius 3 is 2.21 bits per heavy atom. The molecule has 224 valence electrons. The SMILES string of the molecule is CC(C)C(C(=O)O)N(N1CCN(c2ccc(C#Cc3ccc4c(c3)C(=O)N(Cc3ccccc3)CC4)cc2)CC1)S(=O)O. The summed E-state index contributed by atoms with van der Waals surface area (Å²) in [6.45, 7) is 6.75. The van der Waals surface area contributed by atoms with Gasteiger partial charge >= 0.3 is 5.97 Å². The highest BCUT2D eigenvalue weighted by Gasteiger charge is 2.38. The van der Waals surface area contributed by atoms with Crippen molar-refractivity contribution in [3.05, 3.63) is 101 Å². The summed E-state index contributed by atoms with van der Waals surface area (Å²) >= 11 is -2.44. The van der Waals surface area contributed by atoms with Crippen LogP contribution in [-0.2, 0) is 29.0 Å². The molecule has 2 unspecified atom stereocenters. The van der Waals surface area contributed by atoms with Crippen LogP contribution >= 0.6 is 0 Å². The first kappa shape index (κ1) is 30.4. The average Bonchev–Trinajstić information content (AvgIpc) is 3.00. The molecule has 3 aromatic rings. The Kier molecular flexibility index (Phi) is 9.58. The Hall–Kier alpha value is -4.01. The van der Waals surface area contributed by atoms with Gasteiger partial charge in [-0.3, -0.25) is 14.1 Å². The molecule has 1 fully saturated rings. The van der Waals surface area contributed by atoms with Gasteiger partial charge in [0.1, 0.15) is 6.04 Å². The van der Waals surface area contributed by atoms with Crippen LogP contribution in [0, 0.1) is 17.8 Å². The molecule has 5 rings (SSSR count). The normalized spacial score (nSPS) is 16.9. The molecule has 2 aliphatic heterocycles. The first-order chi connectivity index (χ1) is 20.7. The summed E-state index contributed by atoms with van der Waals surface area (Å²) in [5, 5.41) is 11.3. The number of nitrogens with zero attached hydrogens (tertiary/aromatic N) is 4. The second kappa shape index (κ2) is 13.5. The van der Waals surface area contributed by atoms with E-state index in [4.69, 9.17) is 0 Å². The molecule has 0 aliphatic carbocycles. The molecule has 0 aromatic heterocycles. The zero-order chi connectivity index (χ0) is 30.5. The first-order valence-electron chi connectivity index (χ1n) is 14.4. The average molecular weight is 601 g/mol. The zero-order valence-corrected chi connectivity index (χ0v) is 25.2. The van der Waals surface area contributed by atoms with Gasteiger partial charge in [0.15, 0.2) is 0 Å². The standard InChI is InChI=1S/C33H36N4O5S/c1-24(2)31(33(39)40)37(43(41)42)36-20-18-34(19-21-36)29-14-11-25(12-15-29)8-9-26-10-13-28-16-17-35(32(38)30(28)22-26)23-27-6-4-3-5-7-27/h3-7,10-15,22,24,31H,16-21,23H2,1-2H3,(H,39,40)(H,41,42). The Morgan fingerprint density at radius 2 is 1.58 bits per heavy atom. The fourth-order valence-electron chi connectivity index (χ4n) is 5.61. The number of carboxylic acids is 1. The third-order valence-electron chi connectivity index (χ3n) is 7.90. The van der Waals surface area contributed by atoms with E-state index in [0.717, 1.165) is 44.3 Å². The maximum Gasteiger partial charge on any atom is 0.323 e. The van der Waals surface area contributed by atoms with Crippen molar-refractivity contribution in [2.45, 2.75) is 32.9 Å². The Balaban J connectivity index is 1.22. The van der Waals surface area contributed by atoms with Crippen molar-refractivity contribution in [2.75, 3.05) is 37.6 Å². The minimum atomic E-state index is -2.44. The second-order valence-electron chi connectivity index (χ2n) is 11.1. The van der Waals surface area contributed by atoms with Gasteiger partial charge in [-0.15, -0.1) is 4.41 Å². The predicted octanol–water partition coefficient (Wildman–Crippen LogP) is 3.87. The summed E-state index contributed by atoms with van der Waals surface area (Å²) < 4.78 is 23.0. The number of hydrazine groups is 1. The maximum atomic E-state index is 13.2. The van der Waals surface area contributed by atoms with E-state index >= 15 is 0 Å². The number of benzene rings is 3. The maximum absolute atomic E-state index is 13.2. The fourth-order valence-corrected chi connectivity index (χ4v) is 6.50. The first-order valence-corrected chi connectivity index (χ1v) is 15.5. The number of fused-ring (bicyclic) bond motifs is 1. The van der Waals surface area contributed by atoms with Crippen LogP contribution in [0.5, 0.6) is 0 Å². The minimum Gasteiger partial charge on any atom is -0.480 e. The molecule has 0 saturated carbocycles. The highest BCUT2D eigenvalue weighted by atomic mass is 32.2. The van der Waals surface area contributed by atoms with E-state index < -0.39 is 23.3 Å². The van der Waals surface area contributed by atoms with Gasteiger partial charge < -0.3 is 14.9 Å². The van der Waals surface area contributed by atoms with Gasteiger partial charge in [-0.1, -0.05) is 62.1 Å². The number of amides is 1. The van der Waals surface area contributed by atoms with Crippen LogP contribution in [0.4, 0.5) is 5.69 Å². The molecule has 2 aliphatic rings. The number of carboxylic acid groups (broad SMARTS) is 1. The molecule has 0 radical (unpaired) electrons. The monoisotopic (exact) mass is 600 g/mol. The van der Waals surface area contributed by atoms with E-state index in [2.05, 4.69) is 16.7 Å². The Labute approximate surface area is 255 Å². The van der Waals surface area contributed by atoms with Gasteiger partial charge in [-0.25, -0.2) is 9.22 Å². The van der Waals surface area contributed by atoms with Crippen molar-refractivity contribution >= 4 is 28.8 Å². The third kappa shape index (κ3) is 7.14. The molecule has 2 N–H and O–H groups in total. The molecule has 1 amide bonds. The number of piperazine rings is 1. The van der Waals surface area contributed by atoms with E-state index in [0.29, 0.717) is 39.3 Å². The molecule has 0 spiro atoms. The number of carbonyl (C=O) groups excluding carboxylic acids is 1. The van der Waals surface area contributed by atoms with Gasteiger partial charge in [-0.05, 0) is 59.9 Å². The lowest BCUT2D eigenvalue weighted by Crippen LogP contribution is -2.60. The van der Waals surface area contributed by atoms with Crippen LogP contribution in [0.25, 0.3) is 0 Å². The van der Waals surface area contributed by atoms with Crippen LogP contribution in [0.15, 0.2) is 72.8 Å². The second-order valence-corrected chi connectivity index (χ2v) is 12.0. The van der Waals surface area contributed by atoms with E-state index in [9.17, 15) is 23.5 Å². The van der Waals surface area contributed by atoms with Crippen molar-refractivity contribution in [1.29, 1.82) is 0 Å². The van der Waals surface area contributed by atoms with Crippen molar-refractivity contribution in [1.82, 2.24) is 14.3 Å². The van der Waals surface area contributed by atoms with Crippen molar-refractivity contribution < 1.29 is 23.5 Å². The summed E-state index contributed by atoms with van der Waals surface area (Å²) in [5.74, 6) is 4.99. The quantitative estimate of drug-likeness (QED) is 0.299. The lowest BCUT2D eigenvalue weighted by atomic mass is 9.96. The van der Waals surface area contributed by atoms with Crippen LogP contribution < -0.4 is 4.90 Å². The summed E-state index contributed by atoms with van der Waals surface area (Å²) in [6.07, 6.45) is 0.824.